The molecule has 8 nitrogen and oxygen atoms in total. The molecular formula is C20H29N5O3S. The Bertz CT molecular complexity index is 911. The largest absolute Gasteiger partial charge is 0.352 e. The van der Waals surface area contributed by atoms with E-state index in [0.29, 0.717) is 22.6 Å². The Hall–Kier alpha value is -2.39. The van der Waals surface area contributed by atoms with Crippen LogP contribution in [0.5, 0.6) is 0 Å². The fourth-order valence-corrected chi connectivity index (χ4v) is 3.59. The van der Waals surface area contributed by atoms with Crippen LogP contribution in [0.4, 0.5) is 0 Å². The number of hydrogen-bond donors (Lipinski definition) is 2. The van der Waals surface area contributed by atoms with Crippen molar-refractivity contribution in [3.8, 4) is 0 Å². The highest BCUT2D eigenvalue weighted by atomic mass is 32.2. The van der Waals surface area contributed by atoms with E-state index in [1.807, 2.05) is 40.1 Å². The molecule has 2 amide bonds. The van der Waals surface area contributed by atoms with Gasteiger partial charge < -0.3 is 15.5 Å². The van der Waals surface area contributed by atoms with Crippen LogP contribution in [0.15, 0.2) is 34.2 Å². The highest BCUT2D eigenvalue weighted by Gasteiger charge is 2.14. The number of nitrogens with zero attached hydrogens (tertiary/aromatic N) is 3. The zero-order chi connectivity index (χ0) is 21.4. The fourth-order valence-electron chi connectivity index (χ4n) is 2.73. The summed E-state index contributed by atoms with van der Waals surface area (Å²) in [4.78, 5) is 43.4. The van der Waals surface area contributed by atoms with E-state index in [1.54, 1.807) is 16.7 Å². The number of rotatable bonds is 10. The number of amides is 2. The molecule has 0 saturated carbocycles. The molecule has 158 valence electrons. The van der Waals surface area contributed by atoms with Gasteiger partial charge in [0.2, 0.25) is 11.8 Å². The number of carbonyl (C=O) groups is 2. The first kappa shape index (κ1) is 22.9. The van der Waals surface area contributed by atoms with E-state index in [9.17, 15) is 14.4 Å². The number of carbonyl (C=O) groups excluding carboxylic acids is 2. The molecule has 0 aliphatic carbocycles. The van der Waals surface area contributed by atoms with Crippen LogP contribution in [-0.4, -0.2) is 65.2 Å². The monoisotopic (exact) mass is 419 g/mol. The molecule has 0 radical (unpaired) electrons. The summed E-state index contributed by atoms with van der Waals surface area (Å²) in [5.41, 5.74) is 0.508. The van der Waals surface area contributed by atoms with Gasteiger partial charge in [-0.05, 0) is 53.0 Å². The quantitative estimate of drug-likeness (QED) is 0.442. The Morgan fingerprint density at radius 1 is 1.21 bits per heavy atom. The predicted molar refractivity (Wildman–Crippen MR) is 116 cm³/mol. The maximum absolute atomic E-state index is 12.9. The van der Waals surface area contributed by atoms with Gasteiger partial charge in [0.15, 0.2) is 5.16 Å². The summed E-state index contributed by atoms with van der Waals surface area (Å²) in [7, 11) is 3.97. The van der Waals surface area contributed by atoms with Crippen molar-refractivity contribution in [2.45, 2.75) is 38.0 Å². The van der Waals surface area contributed by atoms with Gasteiger partial charge in [-0.3, -0.25) is 19.0 Å². The van der Waals surface area contributed by atoms with E-state index < -0.39 is 0 Å². The lowest BCUT2D eigenvalue weighted by atomic mass is 10.2. The fraction of sp³-hybridized carbons (Fsp3) is 0.500. The summed E-state index contributed by atoms with van der Waals surface area (Å²) in [6.07, 6.45) is 0.794. The molecule has 0 aliphatic rings. The maximum Gasteiger partial charge on any atom is 0.262 e. The second kappa shape index (κ2) is 11.0. The molecule has 1 aromatic carbocycles. The Morgan fingerprint density at radius 3 is 2.62 bits per heavy atom. The minimum atomic E-state index is -0.281. The van der Waals surface area contributed by atoms with Crippen molar-refractivity contribution < 1.29 is 9.59 Å². The smallest absolute Gasteiger partial charge is 0.262 e. The summed E-state index contributed by atoms with van der Waals surface area (Å²) in [5.74, 6) is -0.438. The molecule has 0 aliphatic heterocycles. The van der Waals surface area contributed by atoms with Gasteiger partial charge in [-0.2, -0.15) is 0 Å². The first-order chi connectivity index (χ1) is 13.8. The van der Waals surface area contributed by atoms with Crippen LogP contribution in [0.2, 0.25) is 0 Å². The van der Waals surface area contributed by atoms with Crippen LogP contribution in [0, 0.1) is 0 Å². The first-order valence-corrected chi connectivity index (χ1v) is 10.6. The summed E-state index contributed by atoms with van der Waals surface area (Å²) in [6, 6.07) is 7.23. The Kier molecular flexibility index (Phi) is 8.66. The van der Waals surface area contributed by atoms with Crippen molar-refractivity contribution >= 4 is 34.5 Å². The van der Waals surface area contributed by atoms with Crippen LogP contribution in [-0.2, 0) is 16.1 Å². The molecule has 2 aromatic rings. The van der Waals surface area contributed by atoms with Crippen LogP contribution >= 0.6 is 11.8 Å². The number of hydrogen-bond acceptors (Lipinski definition) is 6. The summed E-state index contributed by atoms with van der Waals surface area (Å²) >= 11 is 1.20. The van der Waals surface area contributed by atoms with Gasteiger partial charge in [0.05, 0.1) is 23.2 Å². The van der Waals surface area contributed by atoms with Crippen molar-refractivity contribution in [1.82, 2.24) is 25.1 Å². The first-order valence-electron chi connectivity index (χ1n) is 9.61. The molecular weight excluding hydrogens is 390 g/mol. The number of benzene rings is 1. The summed E-state index contributed by atoms with van der Waals surface area (Å²) in [5, 5.41) is 6.39. The van der Waals surface area contributed by atoms with Crippen LogP contribution in [0.25, 0.3) is 10.9 Å². The van der Waals surface area contributed by atoms with E-state index in [-0.39, 0.29) is 35.7 Å². The average Bonchev–Trinajstić information content (AvgIpc) is 2.66. The lowest BCUT2D eigenvalue weighted by molar-refractivity contribution is -0.125. The highest BCUT2D eigenvalue weighted by Crippen LogP contribution is 2.18. The Balaban J connectivity index is 2.10. The van der Waals surface area contributed by atoms with Crippen molar-refractivity contribution in [1.29, 1.82) is 0 Å². The lowest BCUT2D eigenvalue weighted by Crippen LogP contribution is -2.40. The normalized spacial score (nSPS) is 11.2. The molecule has 0 fully saturated rings. The van der Waals surface area contributed by atoms with E-state index >= 15 is 0 Å². The summed E-state index contributed by atoms with van der Waals surface area (Å²) in [6.45, 7) is 5.01. The third-order valence-corrected chi connectivity index (χ3v) is 5.02. The molecule has 9 heteroatoms. The lowest BCUT2D eigenvalue weighted by Gasteiger charge is -2.15. The molecule has 0 bridgehead atoms. The molecule has 0 unspecified atom stereocenters. The van der Waals surface area contributed by atoms with Crippen LogP contribution in [0.3, 0.4) is 0 Å². The van der Waals surface area contributed by atoms with Gasteiger partial charge in [-0.1, -0.05) is 23.9 Å². The summed E-state index contributed by atoms with van der Waals surface area (Å²) < 4.78 is 1.63. The molecule has 2 rings (SSSR count). The zero-order valence-corrected chi connectivity index (χ0v) is 18.2. The van der Waals surface area contributed by atoms with Gasteiger partial charge in [0.25, 0.3) is 5.56 Å². The number of fused-ring (bicyclic) bond motifs is 1. The van der Waals surface area contributed by atoms with Crippen LogP contribution < -0.4 is 16.2 Å². The predicted octanol–water partition coefficient (Wildman–Crippen LogP) is 1.08. The van der Waals surface area contributed by atoms with E-state index in [2.05, 4.69) is 20.5 Å². The molecule has 2 N–H and O–H groups in total. The molecule has 29 heavy (non-hydrogen) atoms. The number of aromatic nitrogens is 2. The van der Waals surface area contributed by atoms with E-state index in [0.717, 1.165) is 13.0 Å². The van der Waals surface area contributed by atoms with Gasteiger partial charge >= 0.3 is 0 Å². The van der Waals surface area contributed by atoms with Gasteiger partial charge in [-0.25, -0.2) is 4.98 Å². The maximum atomic E-state index is 12.9. The van der Waals surface area contributed by atoms with Crippen LogP contribution in [0.1, 0.15) is 20.3 Å². The Labute approximate surface area is 175 Å². The van der Waals surface area contributed by atoms with Gasteiger partial charge in [-0.15, -0.1) is 0 Å². The second-order valence-electron chi connectivity index (χ2n) is 7.31. The van der Waals surface area contributed by atoms with Gasteiger partial charge in [0.1, 0.15) is 0 Å². The van der Waals surface area contributed by atoms with Crippen molar-refractivity contribution in [2.24, 2.45) is 0 Å². The number of nitrogens with one attached hydrogen (secondary N) is 2. The third kappa shape index (κ3) is 7.17. The Morgan fingerprint density at radius 2 is 1.93 bits per heavy atom. The molecule has 0 atom stereocenters. The second-order valence-corrected chi connectivity index (χ2v) is 8.26. The molecule has 0 saturated heterocycles. The van der Waals surface area contributed by atoms with Crippen molar-refractivity contribution in [2.75, 3.05) is 32.9 Å². The third-order valence-electron chi connectivity index (χ3n) is 4.04. The SMILES string of the molecule is CC(C)NC(=O)CNC(=O)CSc1nc2ccccc2c(=O)n1CCCN(C)C. The highest BCUT2D eigenvalue weighted by molar-refractivity contribution is 7.99. The number of para-hydroxylation sites is 1. The van der Waals surface area contributed by atoms with Crippen molar-refractivity contribution in [3.63, 3.8) is 0 Å². The molecule has 1 aromatic heterocycles. The average molecular weight is 420 g/mol. The minimum absolute atomic E-state index is 0.0205. The zero-order valence-electron chi connectivity index (χ0n) is 17.4. The van der Waals surface area contributed by atoms with E-state index in [1.165, 1.54) is 11.8 Å². The number of thioether (sulfide) groups is 1. The topological polar surface area (TPSA) is 96.3 Å². The van der Waals surface area contributed by atoms with Gasteiger partial charge in [0, 0.05) is 12.6 Å². The van der Waals surface area contributed by atoms with Crippen molar-refractivity contribution in [3.05, 3.63) is 34.6 Å². The van der Waals surface area contributed by atoms with E-state index in [4.69, 9.17) is 0 Å². The molecule has 1 heterocycles. The molecule has 0 spiro atoms. The standard InChI is InChI=1S/C20H29N5O3S/c1-14(2)22-17(26)12-21-18(27)13-29-20-23-16-9-6-5-8-15(16)19(28)25(20)11-7-10-24(3)4/h5-6,8-9,14H,7,10-13H2,1-4H3,(H,21,27)(H,22,26). The minimum Gasteiger partial charge on any atom is -0.352 e.